The molecular weight excluding hydrogens is 389 g/mol. The van der Waals surface area contributed by atoms with Crippen LogP contribution < -0.4 is 38.0 Å². The second-order valence-electron chi connectivity index (χ2n) is 5.94. The molecule has 0 atom stereocenters. The van der Waals surface area contributed by atoms with Crippen molar-refractivity contribution in [3.05, 3.63) is 91.0 Å². The van der Waals surface area contributed by atoms with E-state index in [-0.39, 0.29) is 17.0 Å². The number of halogens is 1. The van der Waals surface area contributed by atoms with Crippen LogP contribution in [0.1, 0.15) is 19.8 Å². The monoisotopic (exact) mass is 413 g/mol. The summed E-state index contributed by atoms with van der Waals surface area (Å²) in [4.78, 5) is 0. The molecule has 3 rings (SSSR count). The molecule has 0 aliphatic carbocycles. The lowest BCUT2D eigenvalue weighted by Crippen LogP contribution is -3.00. The highest BCUT2D eigenvalue weighted by Crippen LogP contribution is 2.50. The van der Waals surface area contributed by atoms with Crippen LogP contribution in [0.5, 0.6) is 0 Å². The number of nitrogens with one attached hydrogen (secondary N) is 1. The van der Waals surface area contributed by atoms with Crippen molar-refractivity contribution in [2.75, 3.05) is 6.54 Å². The Bertz CT molecular complexity index is 635. The standard InChI is InChI=1S/C22H25NP.BrH/c1-2-3-19-23-24(20-13-7-4-8-14-20,21-15-9-5-10-16-21)22-17-11-6-12-18-22;/h4-18,23H,2-3,19H2,1H3;1H/q+1;/p-1. The van der Waals surface area contributed by atoms with Crippen molar-refractivity contribution < 1.29 is 17.0 Å². The third-order valence-corrected chi connectivity index (χ3v) is 8.23. The van der Waals surface area contributed by atoms with Gasteiger partial charge in [-0.1, -0.05) is 67.9 Å². The van der Waals surface area contributed by atoms with Gasteiger partial charge in [-0.2, -0.15) is 5.09 Å². The summed E-state index contributed by atoms with van der Waals surface area (Å²) >= 11 is 0. The molecule has 0 aliphatic heterocycles. The Hall–Kier alpha value is -1.47. The number of hydrogen-bond acceptors (Lipinski definition) is 1. The molecule has 25 heavy (non-hydrogen) atoms. The molecule has 0 radical (unpaired) electrons. The van der Waals surface area contributed by atoms with Gasteiger partial charge in [-0.3, -0.25) is 0 Å². The quantitative estimate of drug-likeness (QED) is 0.454. The van der Waals surface area contributed by atoms with Crippen molar-refractivity contribution in [2.24, 2.45) is 0 Å². The minimum atomic E-state index is -1.83. The van der Waals surface area contributed by atoms with Crippen molar-refractivity contribution >= 4 is 23.3 Å². The maximum Gasteiger partial charge on any atom is 0.178 e. The molecule has 0 amide bonds. The van der Waals surface area contributed by atoms with Gasteiger partial charge in [0.05, 0.1) is 0 Å². The molecule has 0 spiro atoms. The van der Waals surface area contributed by atoms with Crippen LogP contribution in [0.15, 0.2) is 91.0 Å². The van der Waals surface area contributed by atoms with Crippen LogP contribution >= 0.6 is 7.41 Å². The highest BCUT2D eigenvalue weighted by atomic mass is 79.9. The highest BCUT2D eigenvalue weighted by Gasteiger charge is 2.45. The molecule has 0 heterocycles. The van der Waals surface area contributed by atoms with Crippen LogP contribution in [-0.4, -0.2) is 6.54 Å². The van der Waals surface area contributed by atoms with E-state index in [1.165, 1.54) is 28.8 Å². The fourth-order valence-corrected chi connectivity index (χ4v) is 6.89. The predicted molar refractivity (Wildman–Crippen MR) is 108 cm³/mol. The molecule has 1 N–H and O–H groups in total. The summed E-state index contributed by atoms with van der Waals surface area (Å²) in [6.45, 7) is 3.28. The first kappa shape index (κ1) is 19.8. The average Bonchev–Trinajstić information content (AvgIpc) is 2.68. The van der Waals surface area contributed by atoms with Crippen LogP contribution in [0.4, 0.5) is 0 Å². The summed E-state index contributed by atoms with van der Waals surface area (Å²) < 4.78 is 0. The van der Waals surface area contributed by atoms with Crippen LogP contribution in [0, 0.1) is 0 Å². The molecule has 0 aromatic heterocycles. The Morgan fingerprint density at radius 2 is 1.00 bits per heavy atom. The zero-order valence-electron chi connectivity index (χ0n) is 14.6. The molecule has 130 valence electrons. The molecule has 0 saturated heterocycles. The van der Waals surface area contributed by atoms with E-state index in [1.807, 2.05) is 0 Å². The molecule has 0 saturated carbocycles. The van der Waals surface area contributed by atoms with Gasteiger partial charge < -0.3 is 17.0 Å². The Balaban J connectivity index is 0.00000225. The third-order valence-electron chi connectivity index (χ3n) is 4.31. The van der Waals surface area contributed by atoms with E-state index in [1.54, 1.807) is 0 Å². The lowest BCUT2D eigenvalue weighted by atomic mass is 10.3. The van der Waals surface area contributed by atoms with Crippen LogP contribution in [0.25, 0.3) is 0 Å². The van der Waals surface area contributed by atoms with Gasteiger partial charge >= 0.3 is 0 Å². The fraction of sp³-hybridized carbons (Fsp3) is 0.182. The van der Waals surface area contributed by atoms with Gasteiger partial charge in [0.2, 0.25) is 0 Å². The summed E-state index contributed by atoms with van der Waals surface area (Å²) in [5, 5.41) is 8.16. The van der Waals surface area contributed by atoms with E-state index in [0.29, 0.717) is 0 Å². The van der Waals surface area contributed by atoms with Crippen molar-refractivity contribution in [3.63, 3.8) is 0 Å². The lowest BCUT2D eigenvalue weighted by molar-refractivity contribution is -0.00000483. The molecule has 3 aromatic carbocycles. The summed E-state index contributed by atoms with van der Waals surface area (Å²) in [6.07, 6.45) is 2.39. The molecule has 0 fully saturated rings. The van der Waals surface area contributed by atoms with Gasteiger partial charge in [0.1, 0.15) is 15.9 Å². The number of rotatable bonds is 7. The lowest BCUT2D eigenvalue weighted by Gasteiger charge is -2.27. The van der Waals surface area contributed by atoms with E-state index in [2.05, 4.69) is 103 Å². The topological polar surface area (TPSA) is 12.0 Å². The Morgan fingerprint density at radius 3 is 1.32 bits per heavy atom. The zero-order chi connectivity index (χ0) is 16.7. The first-order valence-electron chi connectivity index (χ1n) is 8.69. The van der Waals surface area contributed by atoms with Crippen molar-refractivity contribution in [1.29, 1.82) is 0 Å². The van der Waals surface area contributed by atoms with Crippen LogP contribution in [0.2, 0.25) is 0 Å². The van der Waals surface area contributed by atoms with Gasteiger partial charge in [0, 0.05) is 6.54 Å². The van der Waals surface area contributed by atoms with E-state index in [9.17, 15) is 0 Å². The molecule has 0 aliphatic rings. The second-order valence-corrected chi connectivity index (χ2v) is 9.15. The molecule has 3 aromatic rings. The summed E-state index contributed by atoms with van der Waals surface area (Å²) in [5.74, 6) is 0. The van der Waals surface area contributed by atoms with Crippen LogP contribution in [-0.2, 0) is 0 Å². The van der Waals surface area contributed by atoms with Gasteiger partial charge in [-0.05, 0) is 42.8 Å². The molecule has 0 bridgehead atoms. The first-order valence-corrected chi connectivity index (χ1v) is 10.5. The second kappa shape index (κ2) is 9.87. The summed E-state index contributed by atoms with van der Waals surface area (Å²) in [6, 6.07) is 32.8. The molecule has 0 unspecified atom stereocenters. The molecule has 3 heteroatoms. The normalized spacial score (nSPS) is 10.9. The third kappa shape index (κ3) is 4.39. The molecular formula is C22H25BrNP. The number of benzene rings is 3. The van der Waals surface area contributed by atoms with Gasteiger partial charge in [0.25, 0.3) is 0 Å². The van der Waals surface area contributed by atoms with E-state index >= 15 is 0 Å². The first-order chi connectivity index (χ1) is 11.9. The average molecular weight is 414 g/mol. The number of hydrogen-bond donors (Lipinski definition) is 1. The Morgan fingerprint density at radius 1 is 0.640 bits per heavy atom. The maximum atomic E-state index is 3.99. The highest BCUT2D eigenvalue weighted by molar-refractivity contribution is 7.94. The van der Waals surface area contributed by atoms with E-state index in [4.69, 9.17) is 0 Å². The molecule has 1 nitrogen and oxygen atoms in total. The van der Waals surface area contributed by atoms with Crippen molar-refractivity contribution in [2.45, 2.75) is 19.8 Å². The minimum Gasteiger partial charge on any atom is -1.00 e. The predicted octanol–water partition coefficient (Wildman–Crippen LogP) is 1.29. The SMILES string of the molecule is CCCCN[P+](c1ccccc1)(c1ccccc1)c1ccccc1.[Br-]. The Kier molecular flexibility index (Phi) is 7.84. The summed E-state index contributed by atoms with van der Waals surface area (Å²) in [7, 11) is -1.83. The summed E-state index contributed by atoms with van der Waals surface area (Å²) in [5.41, 5.74) is 0. The smallest absolute Gasteiger partial charge is 0.178 e. The van der Waals surface area contributed by atoms with Gasteiger partial charge in [-0.25, -0.2) is 0 Å². The van der Waals surface area contributed by atoms with Gasteiger partial charge in [-0.15, -0.1) is 0 Å². The minimum absolute atomic E-state index is 0. The maximum absolute atomic E-state index is 3.99. The Labute approximate surface area is 162 Å². The number of unbranched alkanes of at least 4 members (excludes halogenated alkanes) is 1. The van der Waals surface area contributed by atoms with Gasteiger partial charge in [0.15, 0.2) is 7.41 Å². The van der Waals surface area contributed by atoms with Crippen LogP contribution in [0.3, 0.4) is 0 Å². The van der Waals surface area contributed by atoms with Crippen molar-refractivity contribution in [1.82, 2.24) is 5.09 Å². The fourth-order valence-electron chi connectivity index (χ4n) is 3.10. The zero-order valence-corrected chi connectivity index (χ0v) is 17.1. The van der Waals surface area contributed by atoms with E-state index < -0.39 is 7.41 Å². The van der Waals surface area contributed by atoms with E-state index in [0.717, 1.165) is 6.54 Å². The van der Waals surface area contributed by atoms with Crippen molar-refractivity contribution in [3.8, 4) is 0 Å². The largest absolute Gasteiger partial charge is 1.00 e.